The molecule has 2 unspecified atom stereocenters. The van der Waals surface area contributed by atoms with Crippen molar-refractivity contribution in [2.24, 2.45) is 0 Å². The number of allylic oxidation sites excluding steroid dienone is 6. The highest BCUT2D eigenvalue weighted by molar-refractivity contribution is 7.47. The molecule has 2 N–H and O–H groups in total. The minimum absolute atomic E-state index is 0.0497. The third-order valence-corrected chi connectivity index (χ3v) is 5.90. The molecule has 0 heterocycles. The van der Waals surface area contributed by atoms with Gasteiger partial charge in [-0.25, -0.2) is 4.57 Å². The van der Waals surface area contributed by atoms with Gasteiger partial charge in [-0.3, -0.25) is 13.8 Å². The zero-order valence-corrected chi connectivity index (χ0v) is 23.2. The summed E-state index contributed by atoms with van der Waals surface area (Å²) in [5, 5.41) is 9.81. The number of phosphoric ester groups is 1. The molecule has 0 saturated heterocycles. The molecule has 0 saturated carbocycles. The van der Waals surface area contributed by atoms with Crippen LogP contribution in [-0.4, -0.2) is 74.1 Å². The van der Waals surface area contributed by atoms with Gasteiger partial charge in [-0.1, -0.05) is 62.6 Å². The number of phosphoric acid groups is 1. The van der Waals surface area contributed by atoms with E-state index in [4.69, 9.17) is 13.8 Å². The summed E-state index contributed by atoms with van der Waals surface area (Å²) in [6.07, 6.45) is 21.5. The van der Waals surface area contributed by atoms with E-state index in [2.05, 4.69) is 43.4 Å². The molecule has 0 aliphatic carbocycles. The monoisotopic (exact) mass is 518 g/mol. The Bertz CT molecular complexity index is 671. The van der Waals surface area contributed by atoms with E-state index < -0.39 is 26.5 Å². The first-order chi connectivity index (χ1) is 16.6. The topological polar surface area (TPSA) is 102 Å². The van der Waals surface area contributed by atoms with Crippen LogP contribution in [0.4, 0.5) is 0 Å². The van der Waals surface area contributed by atoms with E-state index in [9.17, 15) is 19.4 Å². The lowest BCUT2D eigenvalue weighted by atomic mass is 10.1. The number of aliphatic hydroxyl groups excluding tert-OH is 1. The fraction of sp³-hybridized carbons (Fsp3) is 0.731. The number of carbonyl (C=O) groups is 1. The molecule has 2 atom stereocenters. The maximum Gasteiger partial charge on any atom is 0.472 e. The van der Waals surface area contributed by atoms with Crippen LogP contribution < -0.4 is 0 Å². The van der Waals surface area contributed by atoms with Gasteiger partial charge in [0, 0.05) is 6.42 Å². The summed E-state index contributed by atoms with van der Waals surface area (Å²) in [5.41, 5.74) is 0. The molecule has 0 rings (SSSR count). The number of esters is 1. The molecule has 0 bridgehead atoms. The van der Waals surface area contributed by atoms with E-state index in [0.717, 1.165) is 57.8 Å². The Labute approximate surface area is 212 Å². The van der Waals surface area contributed by atoms with Gasteiger partial charge in [0.1, 0.15) is 25.9 Å². The molecule has 35 heavy (non-hydrogen) atoms. The third kappa shape index (κ3) is 25.6. The quantitative estimate of drug-likeness (QED) is 0.0657. The number of ether oxygens (including phenoxy) is 1. The SMILES string of the molecule is CCC=CCC=CCC=CCCCCCCCC(=O)OCC(O)COP(=O)(O)OCC[N+](C)(C)C. The fourth-order valence-corrected chi connectivity index (χ4v) is 3.59. The maximum atomic E-state index is 11.8. The van der Waals surface area contributed by atoms with Crippen LogP contribution in [0.5, 0.6) is 0 Å². The predicted octanol–water partition coefficient (Wildman–Crippen LogP) is 5.32. The summed E-state index contributed by atoms with van der Waals surface area (Å²) in [5.74, 6) is -0.392. The summed E-state index contributed by atoms with van der Waals surface area (Å²) in [4.78, 5) is 21.4. The first-order valence-electron chi connectivity index (χ1n) is 12.8. The Kier molecular flexibility index (Phi) is 20.1. The second-order valence-corrected chi connectivity index (χ2v) is 11.0. The summed E-state index contributed by atoms with van der Waals surface area (Å²) in [6, 6.07) is 0. The van der Waals surface area contributed by atoms with Crippen LogP contribution in [0.15, 0.2) is 36.5 Å². The Balaban J connectivity index is 3.66. The highest BCUT2D eigenvalue weighted by Gasteiger charge is 2.24. The van der Waals surface area contributed by atoms with Crippen molar-refractivity contribution >= 4 is 13.8 Å². The average molecular weight is 519 g/mol. The molecule has 0 aromatic carbocycles. The molecule has 0 aromatic heterocycles. The van der Waals surface area contributed by atoms with Crippen LogP contribution in [0.1, 0.15) is 71.1 Å². The van der Waals surface area contributed by atoms with Gasteiger partial charge in [0.15, 0.2) is 0 Å². The van der Waals surface area contributed by atoms with Crippen LogP contribution in [0, 0.1) is 0 Å². The van der Waals surface area contributed by atoms with Crippen molar-refractivity contribution in [3.63, 3.8) is 0 Å². The minimum Gasteiger partial charge on any atom is -0.463 e. The van der Waals surface area contributed by atoms with Gasteiger partial charge in [0.05, 0.1) is 27.7 Å². The number of hydrogen-bond acceptors (Lipinski definition) is 6. The van der Waals surface area contributed by atoms with E-state index in [1.54, 1.807) is 0 Å². The number of rotatable bonds is 22. The molecule has 0 aliphatic rings. The number of aliphatic hydroxyl groups is 1. The van der Waals surface area contributed by atoms with E-state index >= 15 is 0 Å². The lowest BCUT2D eigenvalue weighted by Gasteiger charge is -2.24. The normalized spacial score (nSPS) is 15.3. The lowest BCUT2D eigenvalue weighted by Crippen LogP contribution is -2.37. The van der Waals surface area contributed by atoms with Gasteiger partial charge in [0.25, 0.3) is 0 Å². The van der Waals surface area contributed by atoms with Gasteiger partial charge < -0.3 is 19.2 Å². The molecule has 0 amide bonds. The van der Waals surface area contributed by atoms with Gasteiger partial charge >= 0.3 is 13.8 Å². The van der Waals surface area contributed by atoms with E-state index in [0.29, 0.717) is 17.4 Å². The Hall–Kier alpha value is -1.28. The van der Waals surface area contributed by atoms with Gasteiger partial charge in [0.2, 0.25) is 0 Å². The molecular formula is C26H49NO7P+. The molecule has 0 aliphatic heterocycles. The summed E-state index contributed by atoms with van der Waals surface area (Å²) in [6.45, 7) is 1.98. The highest BCUT2D eigenvalue weighted by Crippen LogP contribution is 2.43. The number of unbranched alkanes of at least 4 members (excludes halogenated alkanes) is 5. The van der Waals surface area contributed by atoms with Gasteiger partial charge in [-0.15, -0.1) is 0 Å². The van der Waals surface area contributed by atoms with Crippen LogP contribution in [0.2, 0.25) is 0 Å². The van der Waals surface area contributed by atoms with Gasteiger partial charge in [-0.05, 0) is 38.5 Å². The zero-order valence-electron chi connectivity index (χ0n) is 22.3. The standard InChI is InChI=1S/C26H48NO7P/c1-5-6-7-8-9-10-11-12-13-14-15-16-17-18-19-20-26(29)32-23-25(28)24-34-35(30,31)33-22-21-27(2,3)4/h6-7,9-10,12-13,25,28H,5,8,11,14-24H2,1-4H3/p+1. The third-order valence-electron chi connectivity index (χ3n) is 4.92. The second-order valence-electron chi connectivity index (χ2n) is 9.55. The van der Waals surface area contributed by atoms with E-state index in [1.807, 2.05) is 21.1 Å². The van der Waals surface area contributed by atoms with Crippen molar-refractivity contribution in [3.8, 4) is 0 Å². The van der Waals surface area contributed by atoms with Gasteiger partial charge in [-0.2, -0.15) is 0 Å². The molecule has 0 aromatic rings. The smallest absolute Gasteiger partial charge is 0.463 e. The van der Waals surface area contributed by atoms with E-state index in [1.165, 1.54) is 0 Å². The van der Waals surface area contributed by atoms with Crippen molar-refractivity contribution in [2.45, 2.75) is 77.2 Å². The van der Waals surface area contributed by atoms with E-state index in [-0.39, 0.29) is 13.2 Å². The Morgan fingerprint density at radius 3 is 2.14 bits per heavy atom. The molecule has 9 heteroatoms. The molecule has 0 spiro atoms. The first-order valence-corrected chi connectivity index (χ1v) is 14.3. The van der Waals surface area contributed by atoms with Crippen LogP contribution >= 0.6 is 7.82 Å². The average Bonchev–Trinajstić information content (AvgIpc) is 2.78. The number of quaternary nitrogens is 1. The maximum absolute atomic E-state index is 11.8. The molecule has 204 valence electrons. The van der Waals surface area contributed by atoms with Crippen LogP contribution in [0.3, 0.4) is 0 Å². The molecule has 0 radical (unpaired) electrons. The number of likely N-dealkylation sites (N-methyl/N-ethyl adjacent to an activating group) is 1. The Morgan fingerprint density at radius 2 is 1.49 bits per heavy atom. The molecular weight excluding hydrogens is 469 g/mol. The van der Waals surface area contributed by atoms with Crippen molar-refractivity contribution in [2.75, 3.05) is 47.5 Å². The highest BCUT2D eigenvalue weighted by atomic mass is 31.2. The van der Waals surface area contributed by atoms with Crippen molar-refractivity contribution in [3.05, 3.63) is 36.5 Å². The second kappa shape index (κ2) is 20.9. The van der Waals surface area contributed by atoms with Crippen molar-refractivity contribution in [1.82, 2.24) is 0 Å². The van der Waals surface area contributed by atoms with Crippen molar-refractivity contribution < 1.29 is 37.6 Å². The fourth-order valence-electron chi connectivity index (χ4n) is 2.85. The first kappa shape index (κ1) is 33.7. The Morgan fingerprint density at radius 1 is 0.886 bits per heavy atom. The van der Waals surface area contributed by atoms with Crippen LogP contribution in [-0.2, 0) is 23.1 Å². The number of carbonyl (C=O) groups excluding carboxylic acids is 1. The predicted molar refractivity (Wildman–Crippen MR) is 141 cm³/mol. The summed E-state index contributed by atoms with van der Waals surface area (Å²) >= 11 is 0. The molecule has 8 nitrogen and oxygen atoms in total. The number of hydrogen-bond donors (Lipinski definition) is 2. The lowest BCUT2D eigenvalue weighted by molar-refractivity contribution is -0.870. The minimum atomic E-state index is -4.25. The largest absolute Gasteiger partial charge is 0.472 e. The summed E-state index contributed by atoms with van der Waals surface area (Å²) in [7, 11) is 1.54. The molecule has 0 fully saturated rings. The summed E-state index contributed by atoms with van der Waals surface area (Å²) < 4.78 is 27.0. The van der Waals surface area contributed by atoms with Crippen LogP contribution in [0.25, 0.3) is 0 Å². The van der Waals surface area contributed by atoms with Crippen molar-refractivity contribution in [1.29, 1.82) is 0 Å². The zero-order chi connectivity index (χ0) is 26.4. The number of nitrogens with zero attached hydrogens (tertiary/aromatic N) is 1.